The van der Waals surface area contributed by atoms with Gasteiger partial charge in [-0.2, -0.15) is 0 Å². The molecule has 0 aliphatic carbocycles. The van der Waals surface area contributed by atoms with Crippen molar-refractivity contribution in [1.29, 1.82) is 0 Å². The zero-order valence-corrected chi connectivity index (χ0v) is 19.6. The van der Waals surface area contributed by atoms with Crippen molar-refractivity contribution in [3.63, 3.8) is 0 Å². The summed E-state index contributed by atoms with van der Waals surface area (Å²) in [5.41, 5.74) is 10.6. The summed E-state index contributed by atoms with van der Waals surface area (Å²) in [4.78, 5) is 0. The third-order valence-corrected chi connectivity index (χ3v) is 6.08. The maximum atomic E-state index is 9.52. The van der Waals surface area contributed by atoms with Gasteiger partial charge in [-0.3, -0.25) is 9.41 Å². The second-order valence-corrected chi connectivity index (χ2v) is 8.80. The fourth-order valence-corrected chi connectivity index (χ4v) is 3.97. The molecule has 5 nitrogen and oxygen atoms in total. The Hall–Kier alpha value is -0.340. The van der Waals surface area contributed by atoms with Crippen molar-refractivity contribution >= 4 is 0 Å². The molecule has 0 aliphatic rings. The minimum Gasteiger partial charge on any atom is -0.343 e. The summed E-state index contributed by atoms with van der Waals surface area (Å²) in [6.07, 6.45) is 21.4. The van der Waals surface area contributed by atoms with Crippen molar-refractivity contribution < 1.29 is 24.7 Å². The van der Waals surface area contributed by atoms with Crippen molar-refractivity contribution in [3.05, 3.63) is 0 Å². The minimum absolute atomic E-state index is 0. The van der Waals surface area contributed by atoms with Gasteiger partial charge in [-0.1, -0.05) is 117 Å². The van der Waals surface area contributed by atoms with E-state index in [4.69, 9.17) is 11.5 Å². The fraction of sp³-hybridized carbons (Fsp3) is 1.00. The molecule has 0 aliphatic heterocycles. The SMILES string of the molecule is CCCCCCCCCCCCCCCCCCC(C(O)(O)O)C(N)(N)CC.F.F. The highest BCUT2D eigenvalue weighted by Crippen LogP contribution is 2.28. The number of unbranched alkanes of at least 4 members (excludes halogenated alkanes) is 15. The smallest absolute Gasteiger partial charge is 0.281 e. The molecule has 0 aromatic heterocycles. The third kappa shape index (κ3) is 18.4. The van der Waals surface area contributed by atoms with E-state index < -0.39 is 17.6 Å². The zero-order valence-electron chi connectivity index (χ0n) is 19.6. The van der Waals surface area contributed by atoms with Gasteiger partial charge in [-0.15, -0.1) is 0 Å². The number of rotatable bonds is 20. The first-order chi connectivity index (χ1) is 13.3. The van der Waals surface area contributed by atoms with E-state index >= 15 is 0 Å². The van der Waals surface area contributed by atoms with E-state index in [0.29, 0.717) is 12.8 Å². The van der Waals surface area contributed by atoms with Crippen molar-refractivity contribution in [2.24, 2.45) is 17.4 Å². The van der Waals surface area contributed by atoms with Crippen molar-refractivity contribution in [2.75, 3.05) is 0 Å². The van der Waals surface area contributed by atoms with Crippen molar-refractivity contribution in [1.82, 2.24) is 0 Å². The van der Waals surface area contributed by atoms with E-state index in [1.807, 2.05) is 0 Å². The average Bonchev–Trinajstić information content (AvgIpc) is 2.63. The lowest BCUT2D eigenvalue weighted by Gasteiger charge is -2.38. The molecule has 0 saturated heterocycles. The minimum atomic E-state index is -2.81. The summed E-state index contributed by atoms with van der Waals surface area (Å²) >= 11 is 0. The van der Waals surface area contributed by atoms with Crippen LogP contribution in [0.5, 0.6) is 0 Å². The average molecular weight is 443 g/mol. The third-order valence-electron chi connectivity index (χ3n) is 6.08. The van der Waals surface area contributed by atoms with Crippen LogP contribution in [0.2, 0.25) is 0 Å². The van der Waals surface area contributed by atoms with Gasteiger partial charge in [0.05, 0.1) is 11.6 Å². The van der Waals surface area contributed by atoms with Gasteiger partial charge in [0.2, 0.25) is 0 Å². The molecular weight excluding hydrogens is 390 g/mol. The molecule has 0 aromatic carbocycles. The summed E-state index contributed by atoms with van der Waals surface area (Å²) in [5, 5.41) is 28.6. The summed E-state index contributed by atoms with van der Waals surface area (Å²) in [6, 6.07) is 0. The molecule has 7 heteroatoms. The molecule has 7 N–H and O–H groups in total. The molecule has 0 heterocycles. The Bertz CT molecular complexity index is 354. The molecule has 0 aromatic rings. The quantitative estimate of drug-likeness (QED) is 0.131. The van der Waals surface area contributed by atoms with Crippen LogP contribution < -0.4 is 11.5 Å². The molecule has 0 fully saturated rings. The first-order valence-electron chi connectivity index (χ1n) is 12.0. The summed E-state index contributed by atoms with van der Waals surface area (Å²) in [5.74, 6) is -3.74. The molecular formula is C23H52F2N2O3. The molecule has 186 valence electrons. The maximum absolute atomic E-state index is 9.52. The molecule has 0 spiro atoms. The van der Waals surface area contributed by atoms with Gasteiger partial charge in [-0.05, 0) is 12.8 Å². The van der Waals surface area contributed by atoms with Crippen LogP contribution in [0.15, 0.2) is 0 Å². The van der Waals surface area contributed by atoms with Crippen LogP contribution >= 0.6 is 0 Å². The van der Waals surface area contributed by atoms with Crippen LogP contribution in [0.3, 0.4) is 0 Å². The highest BCUT2D eigenvalue weighted by Gasteiger charge is 2.43. The monoisotopic (exact) mass is 442 g/mol. The molecule has 1 unspecified atom stereocenters. The lowest BCUT2D eigenvalue weighted by Crippen LogP contribution is -2.62. The first kappa shape index (κ1) is 34.3. The zero-order chi connectivity index (χ0) is 21.3. The Morgan fingerprint density at radius 2 is 0.867 bits per heavy atom. The number of hydrogen-bond donors (Lipinski definition) is 5. The van der Waals surface area contributed by atoms with Crippen molar-refractivity contribution in [3.8, 4) is 0 Å². The molecule has 0 saturated carbocycles. The summed E-state index contributed by atoms with van der Waals surface area (Å²) in [7, 11) is 0. The molecule has 0 bridgehead atoms. The predicted molar refractivity (Wildman–Crippen MR) is 123 cm³/mol. The van der Waals surface area contributed by atoms with Crippen LogP contribution in [0, 0.1) is 5.92 Å². The molecule has 1 atom stereocenters. The molecule has 30 heavy (non-hydrogen) atoms. The van der Waals surface area contributed by atoms with Crippen LogP contribution in [-0.4, -0.2) is 27.0 Å². The Morgan fingerprint density at radius 3 is 1.13 bits per heavy atom. The van der Waals surface area contributed by atoms with Crippen LogP contribution in [0.25, 0.3) is 0 Å². The van der Waals surface area contributed by atoms with Gasteiger partial charge in [0.15, 0.2) is 0 Å². The Labute approximate surface area is 183 Å². The van der Waals surface area contributed by atoms with Crippen LogP contribution in [-0.2, 0) is 0 Å². The Balaban J connectivity index is -0.00000364. The number of halogens is 2. The van der Waals surface area contributed by atoms with Gasteiger partial charge >= 0.3 is 0 Å². The topological polar surface area (TPSA) is 113 Å². The standard InChI is InChI=1S/C23H50N2O3.2FH/c1-3-5-6-7-8-9-10-11-12-13-14-15-16-17-18-19-20-21(23(26,27)28)22(24,25)4-2;;/h21,26-28H,3-20,24-25H2,1-2H3;2*1H. The Kier molecular flexibility index (Phi) is 23.5. The van der Waals surface area contributed by atoms with E-state index in [2.05, 4.69) is 6.92 Å². The largest absolute Gasteiger partial charge is 0.343 e. The van der Waals surface area contributed by atoms with Crippen molar-refractivity contribution in [2.45, 2.75) is 141 Å². The number of aliphatic hydroxyl groups is 3. The van der Waals surface area contributed by atoms with Crippen LogP contribution in [0.1, 0.15) is 129 Å². The second kappa shape index (κ2) is 20.6. The van der Waals surface area contributed by atoms with Gasteiger partial charge < -0.3 is 26.8 Å². The molecule has 0 rings (SSSR count). The highest BCUT2D eigenvalue weighted by molar-refractivity contribution is 4.88. The summed E-state index contributed by atoms with van der Waals surface area (Å²) in [6.45, 7) is 4.05. The Morgan fingerprint density at radius 1 is 0.567 bits per heavy atom. The van der Waals surface area contributed by atoms with Crippen LogP contribution in [0.4, 0.5) is 9.41 Å². The van der Waals surface area contributed by atoms with E-state index in [0.717, 1.165) is 19.3 Å². The molecule has 0 radical (unpaired) electrons. The van der Waals surface area contributed by atoms with Gasteiger partial charge in [0.1, 0.15) is 0 Å². The van der Waals surface area contributed by atoms with E-state index in [9.17, 15) is 15.3 Å². The maximum Gasteiger partial charge on any atom is 0.281 e. The number of nitrogens with two attached hydrogens (primary N) is 2. The first-order valence-corrected chi connectivity index (χ1v) is 12.0. The highest BCUT2D eigenvalue weighted by atomic mass is 19.0. The number of hydrogen-bond acceptors (Lipinski definition) is 5. The lowest BCUT2D eigenvalue weighted by molar-refractivity contribution is -0.352. The van der Waals surface area contributed by atoms with E-state index in [1.165, 1.54) is 83.5 Å². The lowest BCUT2D eigenvalue weighted by atomic mass is 9.84. The summed E-state index contributed by atoms with van der Waals surface area (Å²) < 4.78 is 0. The van der Waals surface area contributed by atoms with Gasteiger partial charge in [0.25, 0.3) is 5.97 Å². The van der Waals surface area contributed by atoms with Gasteiger partial charge in [-0.25, -0.2) is 0 Å². The molecule has 0 amide bonds. The van der Waals surface area contributed by atoms with E-state index in [1.54, 1.807) is 6.92 Å². The van der Waals surface area contributed by atoms with Gasteiger partial charge in [0, 0.05) is 0 Å². The predicted octanol–water partition coefficient (Wildman–Crippen LogP) is 5.21. The second-order valence-electron chi connectivity index (χ2n) is 8.80. The normalized spacial score (nSPS) is 12.9. The van der Waals surface area contributed by atoms with E-state index in [-0.39, 0.29) is 9.41 Å². The fourth-order valence-electron chi connectivity index (χ4n) is 3.97.